The lowest BCUT2D eigenvalue weighted by Crippen LogP contribution is -2.43. The van der Waals surface area contributed by atoms with Crippen LogP contribution in [0.15, 0.2) is 0 Å². The molecule has 64 valence electrons. The zero-order valence-electron chi connectivity index (χ0n) is 4.53. The Bertz CT molecular complexity index is 91.4. The lowest BCUT2D eigenvalue weighted by Gasteiger charge is -2.13. The predicted octanol–water partition coefficient (Wildman–Crippen LogP) is 1.56. The van der Waals surface area contributed by atoms with Crippen LogP contribution in [-0.2, 0) is 0 Å². The molecule has 0 saturated carbocycles. The molecule has 0 aromatic carbocycles. The highest BCUT2D eigenvalue weighted by molar-refractivity contribution is 5.85. The average molecular weight is 186 g/mol. The van der Waals surface area contributed by atoms with Gasteiger partial charge < -0.3 is 5.73 Å². The highest BCUT2D eigenvalue weighted by Crippen LogP contribution is 2.22. The van der Waals surface area contributed by atoms with Crippen LogP contribution in [0.1, 0.15) is 0 Å². The first kappa shape index (κ1) is 12.6. The summed E-state index contributed by atoms with van der Waals surface area (Å²) in [6.07, 6.45) is -8.53. The number of alkyl halides is 5. The highest BCUT2D eigenvalue weighted by Gasteiger charge is 2.42. The Balaban J connectivity index is 0. The van der Waals surface area contributed by atoms with Crippen LogP contribution in [0.3, 0.4) is 0 Å². The Morgan fingerprint density at radius 3 is 1.40 bits per heavy atom. The minimum atomic E-state index is -4.99. The molecule has 0 aliphatic heterocycles. The molecular formula is C3H5ClF5N. The Hall–Kier alpha value is -0.100. The average Bonchev–Trinajstić information content (AvgIpc) is 1.62. The second kappa shape index (κ2) is 3.92. The maximum Gasteiger partial charge on any atom is 0.409 e. The smallest absolute Gasteiger partial charge is 0.315 e. The largest absolute Gasteiger partial charge is 0.409 e. The van der Waals surface area contributed by atoms with E-state index >= 15 is 0 Å². The molecule has 0 heterocycles. The molecule has 0 fully saturated rings. The third-order valence-electron chi connectivity index (χ3n) is 0.649. The Labute approximate surface area is 59.8 Å². The highest BCUT2D eigenvalue weighted by atomic mass is 35.5. The molecule has 0 amide bonds. The van der Waals surface area contributed by atoms with Crippen LogP contribution >= 0.6 is 12.4 Å². The summed E-state index contributed by atoms with van der Waals surface area (Å²) in [6, 6.07) is -3.02. The number of hydrogen-bond donors (Lipinski definition) is 1. The molecular weight excluding hydrogens is 180 g/mol. The second-order valence-electron chi connectivity index (χ2n) is 1.40. The molecule has 7 heteroatoms. The van der Waals surface area contributed by atoms with Gasteiger partial charge in [0.05, 0.1) is 0 Å². The van der Waals surface area contributed by atoms with Crippen molar-refractivity contribution >= 4 is 12.4 Å². The molecule has 0 radical (unpaired) electrons. The molecule has 10 heavy (non-hydrogen) atoms. The monoisotopic (exact) mass is 185 g/mol. The van der Waals surface area contributed by atoms with E-state index in [0.29, 0.717) is 0 Å². The third kappa shape index (κ3) is 3.84. The maximum atomic E-state index is 11.1. The van der Waals surface area contributed by atoms with Crippen LogP contribution < -0.4 is 5.73 Å². The fraction of sp³-hybridized carbons (Fsp3) is 1.00. The molecule has 0 unspecified atom stereocenters. The lowest BCUT2D eigenvalue weighted by atomic mass is 10.3. The van der Waals surface area contributed by atoms with Crippen LogP contribution in [0.25, 0.3) is 0 Å². The Kier molecular flexibility index (Phi) is 4.93. The van der Waals surface area contributed by atoms with E-state index in [1.165, 1.54) is 0 Å². The Morgan fingerprint density at radius 1 is 1.10 bits per heavy atom. The topological polar surface area (TPSA) is 26.0 Å². The van der Waals surface area contributed by atoms with Crippen LogP contribution in [0.5, 0.6) is 0 Å². The van der Waals surface area contributed by atoms with Gasteiger partial charge in [0.15, 0.2) is 6.04 Å². The van der Waals surface area contributed by atoms with E-state index < -0.39 is 18.6 Å². The van der Waals surface area contributed by atoms with E-state index in [9.17, 15) is 22.0 Å². The van der Waals surface area contributed by atoms with Crippen LogP contribution in [-0.4, -0.2) is 18.6 Å². The zero-order valence-corrected chi connectivity index (χ0v) is 5.35. The first-order valence-electron chi connectivity index (χ1n) is 1.96. The van der Waals surface area contributed by atoms with Crippen molar-refractivity contribution in [2.45, 2.75) is 18.6 Å². The second-order valence-corrected chi connectivity index (χ2v) is 1.40. The van der Waals surface area contributed by atoms with Crippen molar-refractivity contribution in [3.05, 3.63) is 0 Å². The molecule has 0 aliphatic rings. The minimum absolute atomic E-state index is 0. The van der Waals surface area contributed by atoms with E-state index in [2.05, 4.69) is 5.73 Å². The van der Waals surface area contributed by atoms with Gasteiger partial charge in [-0.2, -0.15) is 13.2 Å². The summed E-state index contributed by atoms with van der Waals surface area (Å²) in [7, 11) is 0. The van der Waals surface area contributed by atoms with Crippen LogP contribution in [0, 0.1) is 0 Å². The predicted molar refractivity (Wildman–Crippen MR) is 27.3 cm³/mol. The van der Waals surface area contributed by atoms with Crippen molar-refractivity contribution in [1.82, 2.24) is 0 Å². The zero-order chi connectivity index (χ0) is 7.65. The fourth-order valence-electron chi connectivity index (χ4n) is 0.143. The third-order valence-corrected chi connectivity index (χ3v) is 0.649. The summed E-state index contributed by atoms with van der Waals surface area (Å²) in [5.74, 6) is 0. The quantitative estimate of drug-likeness (QED) is 0.617. The van der Waals surface area contributed by atoms with Gasteiger partial charge in [-0.3, -0.25) is 0 Å². The SMILES string of the molecule is Cl.N[C@H](C(F)F)C(F)(F)F. The summed E-state index contributed by atoms with van der Waals surface area (Å²) in [5, 5.41) is 0. The number of hydrogen-bond acceptors (Lipinski definition) is 1. The van der Waals surface area contributed by atoms with Crippen molar-refractivity contribution < 1.29 is 22.0 Å². The van der Waals surface area contributed by atoms with Crippen LogP contribution in [0.2, 0.25) is 0 Å². The van der Waals surface area contributed by atoms with E-state index in [4.69, 9.17) is 0 Å². The first-order chi connectivity index (χ1) is 3.85. The van der Waals surface area contributed by atoms with E-state index in [-0.39, 0.29) is 12.4 Å². The van der Waals surface area contributed by atoms with Gasteiger partial charge in [-0.25, -0.2) is 8.78 Å². The summed E-state index contributed by atoms with van der Waals surface area (Å²) in [4.78, 5) is 0. The van der Waals surface area contributed by atoms with Gasteiger partial charge >= 0.3 is 6.18 Å². The molecule has 0 aromatic rings. The van der Waals surface area contributed by atoms with Gasteiger partial charge in [0, 0.05) is 0 Å². The molecule has 1 atom stereocenters. The number of halogens is 6. The molecule has 0 aromatic heterocycles. The minimum Gasteiger partial charge on any atom is -0.315 e. The fourth-order valence-corrected chi connectivity index (χ4v) is 0.143. The first-order valence-corrected chi connectivity index (χ1v) is 1.96. The molecule has 0 rings (SSSR count). The number of rotatable bonds is 1. The summed E-state index contributed by atoms with van der Waals surface area (Å²) in [6.45, 7) is 0. The van der Waals surface area contributed by atoms with Crippen molar-refractivity contribution in [1.29, 1.82) is 0 Å². The van der Waals surface area contributed by atoms with Crippen molar-refractivity contribution in [3.63, 3.8) is 0 Å². The number of nitrogens with two attached hydrogens (primary N) is 1. The van der Waals surface area contributed by atoms with E-state index in [0.717, 1.165) is 0 Å². The standard InChI is InChI=1S/C3H4F5N.ClH/c4-2(5)1(9)3(6,7)8;/h1-2H,9H2;1H/t1-;/m1./s1. The van der Waals surface area contributed by atoms with Gasteiger partial charge in [0.1, 0.15) is 0 Å². The molecule has 0 saturated heterocycles. The molecule has 0 spiro atoms. The van der Waals surface area contributed by atoms with Crippen molar-refractivity contribution in [2.75, 3.05) is 0 Å². The van der Waals surface area contributed by atoms with E-state index in [1.54, 1.807) is 0 Å². The summed E-state index contributed by atoms with van der Waals surface area (Å²) < 4.78 is 55.4. The van der Waals surface area contributed by atoms with Crippen LogP contribution in [0.4, 0.5) is 22.0 Å². The van der Waals surface area contributed by atoms with Gasteiger partial charge in [-0.1, -0.05) is 0 Å². The lowest BCUT2D eigenvalue weighted by molar-refractivity contribution is -0.174. The maximum absolute atomic E-state index is 11.1. The summed E-state index contributed by atoms with van der Waals surface area (Å²) in [5.41, 5.74) is 4.02. The molecule has 0 bridgehead atoms. The van der Waals surface area contributed by atoms with E-state index in [1.807, 2.05) is 0 Å². The molecule has 0 aliphatic carbocycles. The Morgan fingerprint density at radius 2 is 1.40 bits per heavy atom. The van der Waals surface area contributed by atoms with Gasteiger partial charge in [-0.05, 0) is 0 Å². The van der Waals surface area contributed by atoms with Crippen molar-refractivity contribution in [3.8, 4) is 0 Å². The van der Waals surface area contributed by atoms with Gasteiger partial charge in [0.25, 0.3) is 6.43 Å². The van der Waals surface area contributed by atoms with Gasteiger partial charge in [-0.15, -0.1) is 12.4 Å². The van der Waals surface area contributed by atoms with Gasteiger partial charge in [0.2, 0.25) is 0 Å². The normalized spacial score (nSPS) is 14.7. The summed E-state index contributed by atoms with van der Waals surface area (Å²) >= 11 is 0. The molecule has 2 N–H and O–H groups in total. The molecule has 1 nitrogen and oxygen atoms in total. The van der Waals surface area contributed by atoms with Crippen molar-refractivity contribution in [2.24, 2.45) is 5.73 Å².